The number of nitrogens with zero attached hydrogens (tertiary/aromatic N) is 5. The Hall–Kier alpha value is -4.26. The van der Waals surface area contributed by atoms with Gasteiger partial charge in [0, 0.05) is 17.5 Å². The molecule has 2 heterocycles. The summed E-state index contributed by atoms with van der Waals surface area (Å²) in [5.41, 5.74) is 4.27. The fraction of sp³-hybridized carbons (Fsp3) is 0.154. The summed E-state index contributed by atoms with van der Waals surface area (Å²) in [7, 11) is 0. The summed E-state index contributed by atoms with van der Waals surface area (Å²) in [6, 6.07) is 22.8. The van der Waals surface area contributed by atoms with E-state index < -0.39 is 5.91 Å². The summed E-state index contributed by atoms with van der Waals surface area (Å²) in [5.74, 6) is 0.388. The van der Waals surface area contributed by atoms with Crippen molar-refractivity contribution in [2.75, 3.05) is 0 Å². The van der Waals surface area contributed by atoms with Crippen LogP contribution in [0.1, 0.15) is 28.7 Å². The van der Waals surface area contributed by atoms with Gasteiger partial charge in [-0.25, -0.2) is 4.98 Å². The number of carbonyl (C=O) groups is 1. The van der Waals surface area contributed by atoms with Gasteiger partial charge in [0.05, 0.1) is 23.1 Å². The number of aryl methyl sites for hydroxylation is 2. The molecule has 5 aromatic rings. The van der Waals surface area contributed by atoms with Crippen molar-refractivity contribution in [3.8, 4) is 5.88 Å². The first-order valence-corrected chi connectivity index (χ1v) is 10.8. The van der Waals surface area contributed by atoms with Crippen molar-refractivity contribution in [1.82, 2.24) is 14.1 Å². The molecular weight excluding hydrogens is 414 g/mol. The van der Waals surface area contributed by atoms with Crippen molar-refractivity contribution in [3.63, 3.8) is 0 Å². The summed E-state index contributed by atoms with van der Waals surface area (Å²) in [6.45, 7) is 5.29. The Morgan fingerprint density at radius 2 is 1.73 bits per heavy atom. The zero-order valence-corrected chi connectivity index (χ0v) is 18.4. The zero-order chi connectivity index (χ0) is 22.9. The van der Waals surface area contributed by atoms with E-state index in [0.29, 0.717) is 12.1 Å². The highest BCUT2D eigenvalue weighted by Crippen LogP contribution is 2.39. The minimum atomic E-state index is -0.486. The first-order valence-electron chi connectivity index (χ1n) is 10.8. The minimum Gasteiger partial charge on any atom is -0.493 e. The number of carbonyl (C=O) groups excluding carboxylic acids is 1. The molecule has 5 rings (SSSR count). The summed E-state index contributed by atoms with van der Waals surface area (Å²) in [4.78, 5) is 17.3. The van der Waals surface area contributed by atoms with Gasteiger partial charge in [0.15, 0.2) is 5.69 Å². The monoisotopic (exact) mass is 437 g/mol. The highest BCUT2D eigenvalue weighted by Gasteiger charge is 2.17. The first kappa shape index (κ1) is 20.6. The molecule has 0 aliphatic heterocycles. The first-order chi connectivity index (χ1) is 16.1. The Labute approximate surface area is 190 Å². The molecule has 0 spiro atoms. The van der Waals surface area contributed by atoms with E-state index in [2.05, 4.69) is 26.7 Å². The third-order valence-electron chi connectivity index (χ3n) is 5.84. The molecule has 0 fully saturated rings. The standard InChI is InChI=1S/C26H23N5O2/c1-3-30-17(2)27-21-15-19(13-14-23(21)30)25(32)29-28-24-20-11-7-8-12-22(20)31(26(24)33)16-18-9-5-4-6-10-18/h4-15,33H,3,16H2,1-2H3. The molecule has 0 radical (unpaired) electrons. The molecule has 0 saturated heterocycles. The molecule has 1 N–H and O–H groups in total. The molecule has 0 unspecified atom stereocenters. The molecular formula is C26H23N5O2. The third kappa shape index (κ3) is 3.67. The van der Waals surface area contributed by atoms with Crippen LogP contribution in [0.3, 0.4) is 0 Å². The second-order valence-corrected chi connectivity index (χ2v) is 7.87. The van der Waals surface area contributed by atoms with Crippen LogP contribution < -0.4 is 0 Å². The lowest BCUT2D eigenvalue weighted by molar-refractivity contribution is 0.0995. The maximum atomic E-state index is 12.8. The van der Waals surface area contributed by atoms with Crippen molar-refractivity contribution in [3.05, 3.63) is 89.7 Å². The number of imidazole rings is 1. The molecule has 0 bridgehead atoms. The van der Waals surface area contributed by atoms with Crippen molar-refractivity contribution < 1.29 is 9.90 Å². The van der Waals surface area contributed by atoms with Crippen LogP contribution >= 0.6 is 0 Å². The lowest BCUT2D eigenvalue weighted by Gasteiger charge is -2.06. The van der Waals surface area contributed by atoms with Crippen LogP contribution in [0.2, 0.25) is 0 Å². The van der Waals surface area contributed by atoms with Gasteiger partial charge in [0.1, 0.15) is 5.82 Å². The number of aromatic hydroxyl groups is 1. The van der Waals surface area contributed by atoms with Crippen molar-refractivity contribution in [1.29, 1.82) is 0 Å². The van der Waals surface area contributed by atoms with E-state index in [1.807, 2.05) is 67.6 Å². The average Bonchev–Trinajstić information content (AvgIpc) is 3.30. The van der Waals surface area contributed by atoms with Gasteiger partial charge >= 0.3 is 0 Å². The Morgan fingerprint density at radius 1 is 0.970 bits per heavy atom. The van der Waals surface area contributed by atoms with Crippen LogP contribution in [0.15, 0.2) is 83.0 Å². The quantitative estimate of drug-likeness (QED) is 0.342. The normalized spacial score (nSPS) is 11.7. The van der Waals surface area contributed by atoms with E-state index >= 15 is 0 Å². The molecule has 0 aliphatic carbocycles. The lowest BCUT2D eigenvalue weighted by atomic mass is 10.2. The van der Waals surface area contributed by atoms with E-state index in [9.17, 15) is 9.90 Å². The zero-order valence-electron chi connectivity index (χ0n) is 18.4. The van der Waals surface area contributed by atoms with Crippen molar-refractivity contribution in [2.45, 2.75) is 26.9 Å². The second kappa shape index (κ2) is 8.35. The maximum Gasteiger partial charge on any atom is 0.295 e. The summed E-state index contributed by atoms with van der Waals surface area (Å²) in [5, 5.41) is 19.8. The Morgan fingerprint density at radius 3 is 2.52 bits per heavy atom. The topological polar surface area (TPSA) is 84.8 Å². The number of fused-ring (bicyclic) bond motifs is 2. The van der Waals surface area contributed by atoms with Crippen molar-refractivity contribution >= 4 is 33.5 Å². The Balaban J connectivity index is 1.50. The van der Waals surface area contributed by atoms with Gasteiger partial charge in [-0.2, -0.15) is 0 Å². The van der Waals surface area contributed by atoms with Gasteiger partial charge in [0.2, 0.25) is 5.88 Å². The van der Waals surface area contributed by atoms with E-state index in [1.54, 1.807) is 16.7 Å². The fourth-order valence-electron chi connectivity index (χ4n) is 4.23. The number of rotatable bonds is 5. The predicted octanol–water partition coefficient (Wildman–Crippen LogP) is 6.00. The van der Waals surface area contributed by atoms with Gasteiger partial charge in [0.25, 0.3) is 5.91 Å². The number of aromatic nitrogens is 3. The number of hydrogen-bond acceptors (Lipinski definition) is 4. The summed E-state index contributed by atoms with van der Waals surface area (Å²) >= 11 is 0. The van der Waals surface area contributed by atoms with Gasteiger partial charge in [-0.05, 0) is 43.7 Å². The smallest absolute Gasteiger partial charge is 0.295 e. The maximum absolute atomic E-state index is 12.8. The lowest BCUT2D eigenvalue weighted by Crippen LogP contribution is -1.98. The van der Waals surface area contributed by atoms with Crippen molar-refractivity contribution in [2.24, 2.45) is 10.2 Å². The number of benzene rings is 3. The van der Waals surface area contributed by atoms with Gasteiger partial charge in [-0.1, -0.05) is 48.5 Å². The van der Waals surface area contributed by atoms with Gasteiger partial charge < -0.3 is 14.2 Å². The molecule has 0 aliphatic rings. The molecule has 164 valence electrons. The fourth-order valence-corrected chi connectivity index (χ4v) is 4.23. The van der Waals surface area contributed by atoms with E-state index in [4.69, 9.17) is 0 Å². The van der Waals surface area contributed by atoms with Crippen LogP contribution in [0.5, 0.6) is 5.88 Å². The average molecular weight is 438 g/mol. The number of azo groups is 1. The van der Waals surface area contributed by atoms with Crippen LogP contribution in [-0.4, -0.2) is 25.1 Å². The molecule has 7 heteroatoms. The number of amides is 1. The van der Waals surface area contributed by atoms with Crippen LogP contribution in [0, 0.1) is 6.92 Å². The number of hydrogen-bond donors (Lipinski definition) is 1. The second-order valence-electron chi connectivity index (χ2n) is 7.87. The van der Waals surface area contributed by atoms with E-state index in [-0.39, 0.29) is 11.6 Å². The molecule has 33 heavy (non-hydrogen) atoms. The SMILES string of the molecule is CCn1c(C)nc2cc(C(=O)N=Nc3c(O)n(Cc4ccccc4)c4ccccc34)ccc21. The molecule has 1 amide bonds. The largest absolute Gasteiger partial charge is 0.493 e. The highest BCUT2D eigenvalue weighted by atomic mass is 16.3. The summed E-state index contributed by atoms with van der Waals surface area (Å²) < 4.78 is 3.86. The molecule has 2 aromatic heterocycles. The summed E-state index contributed by atoms with van der Waals surface area (Å²) in [6.07, 6.45) is 0. The van der Waals surface area contributed by atoms with Gasteiger partial charge in [-0.15, -0.1) is 10.2 Å². The minimum absolute atomic E-state index is 0.0237. The Kier molecular flexibility index (Phi) is 5.22. The van der Waals surface area contributed by atoms with Crippen LogP contribution in [-0.2, 0) is 13.1 Å². The van der Waals surface area contributed by atoms with E-state index in [0.717, 1.165) is 39.9 Å². The van der Waals surface area contributed by atoms with Crippen LogP contribution in [0.4, 0.5) is 5.69 Å². The molecule has 0 atom stereocenters. The van der Waals surface area contributed by atoms with E-state index in [1.165, 1.54) is 0 Å². The third-order valence-corrected chi connectivity index (χ3v) is 5.84. The van der Waals surface area contributed by atoms with Crippen LogP contribution in [0.25, 0.3) is 21.9 Å². The molecule has 0 saturated carbocycles. The number of para-hydroxylation sites is 1. The Bertz CT molecular complexity index is 1510. The van der Waals surface area contributed by atoms with Gasteiger partial charge in [-0.3, -0.25) is 4.79 Å². The predicted molar refractivity (Wildman–Crippen MR) is 128 cm³/mol. The highest BCUT2D eigenvalue weighted by molar-refractivity contribution is 5.99. The molecule has 3 aromatic carbocycles. The molecule has 7 nitrogen and oxygen atoms in total.